The van der Waals surface area contributed by atoms with Gasteiger partial charge in [-0.1, -0.05) is 0 Å². The van der Waals surface area contributed by atoms with Crippen LogP contribution in [0.1, 0.15) is 6.92 Å². The number of hydrogen-bond acceptors (Lipinski definition) is 6. The van der Waals surface area contributed by atoms with Crippen molar-refractivity contribution in [1.29, 1.82) is 0 Å². The Morgan fingerprint density at radius 3 is 2.73 bits per heavy atom. The molecule has 3 aromatic rings. The molecular formula is C20H23N3O3. The van der Waals surface area contributed by atoms with Gasteiger partial charge in [-0.2, -0.15) is 0 Å². The molecule has 1 aromatic carbocycles. The van der Waals surface area contributed by atoms with E-state index >= 15 is 0 Å². The first-order chi connectivity index (χ1) is 12.7. The number of nitrogens with one attached hydrogen (secondary N) is 1. The summed E-state index contributed by atoms with van der Waals surface area (Å²) < 4.78 is 11.2. The van der Waals surface area contributed by atoms with Gasteiger partial charge in [0.05, 0.1) is 18.1 Å². The fraction of sp³-hybridized carbons (Fsp3) is 0.350. The highest BCUT2D eigenvalue weighted by Gasteiger charge is 2.18. The third kappa shape index (κ3) is 3.52. The molecule has 1 saturated heterocycles. The molecule has 2 N–H and O–H groups in total. The van der Waals surface area contributed by atoms with Gasteiger partial charge in [-0.25, -0.2) is 4.98 Å². The Hall–Kier alpha value is -2.57. The molecule has 3 heterocycles. The van der Waals surface area contributed by atoms with Crippen LogP contribution in [0.3, 0.4) is 0 Å². The lowest BCUT2D eigenvalue weighted by Gasteiger charge is -2.28. The van der Waals surface area contributed by atoms with Crippen LogP contribution in [0.4, 0.5) is 5.82 Å². The van der Waals surface area contributed by atoms with Crippen molar-refractivity contribution in [2.75, 3.05) is 37.7 Å². The van der Waals surface area contributed by atoms with Gasteiger partial charge in [-0.3, -0.25) is 0 Å². The van der Waals surface area contributed by atoms with Gasteiger partial charge >= 0.3 is 0 Å². The number of benzene rings is 1. The van der Waals surface area contributed by atoms with Crippen LogP contribution in [0.15, 0.2) is 47.1 Å². The number of ether oxygens (including phenoxy) is 1. The second kappa shape index (κ2) is 7.35. The fourth-order valence-electron chi connectivity index (χ4n) is 3.14. The molecule has 1 unspecified atom stereocenters. The number of aromatic nitrogens is 1. The summed E-state index contributed by atoms with van der Waals surface area (Å²) in [5, 5.41) is 13.7. The molecule has 0 bridgehead atoms. The summed E-state index contributed by atoms with van der Waals surface area (Å²) in [6.45, 7) is 5.71. The highest BCUT2D eigenvalue weighted by molar-refractivity contribution is 5.90. The van der Waals surface area contributed by atoms with E-state index in [-0.39, 0.29) is 6.61 Å². The Labute approximate surface area is 152 Å². The monoisotopic (exact) mass is 353 g/mol. The molecule has 26 heavy (non-hydrogen) atoms. The Balaban J connectivity index is 1.65. The molecule has 0 radical (unpaired) electrons. The molecule has 0 aliphatic carbocycles. The van der Waals surface area contributed by atoms with E-state index in [1.165, 1.54) is 0 Å². The van der Waals surface area contributed by atoms with Gasteiger partial charge in [0, 0.05) is 37.1 Å². The van der Waals surface area contributed by atoms with Crippen LogP contribution in [0.2, 0.25) is 0 Å². The normalized spacial score (nSPS) is 16.0. The minimum Gasteiger partial charge on any atom is -0.491 e. The Morgan fingerprint density at radius 2 is 2.00 bits per heavy atom. The summed E-state index contributed by atoms with van der Waals surface area (Å²) in [6.07, 6.45) is 1.23. The van der Waals surface area contributed by atoms with Crippen LogP contribution in [0.25, 0.3) is 22.2 Å². The van der Waals surface area contributed by atoms with Crippen LogP contribution < -0.4 is 15.0 Å². The van der Waals surface area contributed by atoms with Crippen molar-refractivity contribution in [2.24, 2.45) is 0 Å². The molecule has 6 nitrogen and oxygen atoms in total. The van der Waals surface area contributed by atoms with Gasteiger partial charge in [0.25, 0.3) is 0 Å². The molecule has 136 valence electrons. The minimum atomic E-state index is -0.485. The van der Waals surface area contributed by atoms with E-state index in [1.807, 2.05) is 30.3 Å². The number of furan rings is 1. The highest BCUT2D eigenvalue weighted by Crippen LogP contribution is 2.31. The molecule has 0 spiro atoms. The van der Waals surface area contributed by atoms with Crippen molar-refractivity contribution < 1.29 is 14.3 Å². The van der Waals surface area contributed by atoms with E-state index in [0.29, 0.717) is 0 Å². The summed E-state index contributed by atoms with van der Waals surface area (Å²) in [4.78, 5) is 7.16. The summed E-state index contributed by atoms with van der Waals surface area (Å²) in [7, 11) is 0. The van der Waals surface area contributed by atoms with Crippen molar-refractivity contribution in [2.45, 2.75) is 13.0 Å². The number of pyridine rings is 1. The van der Waals surface area contributed by atoms with Gasteiger partial charge in [-0.05, 0) is 43.3 Å². The maximum Gasteiger partial charge on any atom is 0.176 e. The van der Waals surface area contributed by atoms with E-state index in [1.54, 1.807) is 13.2 Å². The smallest absolute Gasteiger partial charge is 0.176 e. The van der Waals surface area contributed by atoms with Gasteiger partial charge in [0.2, 0.25) is 0 Å². The molecule has 0 amide bonds. The molecule has 1 aliphatic rings. The second-order valence-electron chi connectivity index (χ2n) is 6.59. The minimum absolute atomic E-state index is 0.283. The van der Waals surface area contributed by atoms with E-state index in [2.05, 4.69) is 16.3 Å². The van der Waals surface area contributed by atoms with Crippen LogP contribution in [0.5, 0.6) is 5.75 Å². The van der Waals surface area contributed by atoms with Crippen molar-refractivity contribution in [3.05, 3.63) is 42.7 Å². The molecule has 0 saturated carbocycles. The molecular weight excluding hydrogens is 330 g/mol. The summed E-state index contributed by atoms with van der Waals surface area (Å²) in [5.41, 5.74) is 2.77. The van der Waals surface area contributed by atoms with Crippen molar-refractivity contribution >= 4 is 16.8 Å². The Kier molecular flexibility index (Phi) is 4.77. The molecule has 4 rings (SSSR count). The number of aliphatic hydroxyl groups excluding tert-OH is 1. The summed E-state index contributed by atoms with van der Waals surface area (Å²) in [6, 6.07) is 11.8. The van der Waals surface area contributed by atoms with Crippen molar-refractivity contribution in [1.82, 2.24) is 10.3 Å². The summed E-state index contributed by atoms with van der Waals surface area (Å²) >= 11 is 0. The van der Waals surface area contributed by atoms with Gasteiger partial charge in [0.1, 0.15) is 12.4 Å². The standard InChI is InChI=1S/C20H23N3O3/c1-14(24)13-26-17-4-2-15(3-5-17)18-12-16-6-11-25-19(16)20(22-18)23-9-7-21-8-10-23/h2-6,11-12,14,21,24H,7-10,13H2,1H3. The second-order valence-corrected chi connectivity index (χ2v) is 6.59. The van der Waals surface area contributed by atoms with Crippen LogP contribution >= 0.6 is 0 Å². The van der Waals surface area contributed by atoms with E-state index in [9.17, 15) is 5.11 Å². The van der Waals surface area contributed by atoms with Crippen molar-refractivity contribution in [3.63, 3.8) is 0 Å². The molecule has 6 heteroatoms. The predicted octanol–water partition coefficient (Wildman–Crippen LogP) is 2.66. The van der Waals surface area contributed by atoms with E-state index in [4.69, 9.17) is 14.1 Å². The number of anilines is 1. The first-order valence-electron chi connectivity index (χ1n) is 8.96. The number of piperazine rings is 1. The lowest BCUT2D eigenvalue weighted by molar-refractivity contribution is 0.123. The maximum absolute atomic E-state index is 9.33. The van der Waals surface area contributed by atoms with Gasteiger partial charge in [-0.15, -0.1) is 0 Å². The predicted molar refractivity (Wildman–Crippen MR) is 102 cm³/mol. The SMILES string of the molecule is CC(O)COc1ccc(-c2cc3ccoc3c(N3CCNCC3)n2)cc1. The maximum atomic E-state index is 9.33. The number of rotatable bonds is 5. The van der Waals surface area contributed by atoms with E-state index in [0.717, 1.165) is 60.0 Å². The zero-order valence-corrected chi connectivity index (χ0v) is 14.8. The lowest BCUT2D eigenvalue weighted by Crippen LogP contribution is -2.44. The molecule has 1 aliphatic heterocycles. The third-order valence-electron chi connectivity index (χ3n) is 4.48. The highest BCUT2D eigenvalue weighted by atomic mass is 16.5. The molecule has 1 atom stereocenters. The topological polar surface area (TPSA) is 70.8 Å². The molecule has 2 aromatic heterocycles. The third-order valence-corrected chi connectivity index (χ3v) is 4.48. The van der Waals surface area contributed by atoms with Gasteiger partial charge < -0.3 is 24.5 Å². The average molecular weight is 353 g/mol. The van der Waals surface area contributed by atoms with Crippen LogP contribution in [0, 0.1) is 0 Å². The molecule has 1 fully saturated rings. The summed E-state index contributed by atoms with van der Waals surface area (Å²) in [5.74, 6) is 1.64. The largest absolute Gasteiger partial charge is 0.491 e. The zero-order valence-electron chi connectivity index (χ0n) is 14.8. The zero-order chi connectivity index (χ0) is 17.9. The van der Waals surface area contributed by atoms with Crippen LogP contribution in [-0.4, -0.2) is 49.0 Å². The Bertz CT molecular complexity index is 868. The van der Waals surface area contributed by atoms with Crippen molar-refractivity contribution in [3.8, 4) is 17.0 Å². The first-order valence-corrected chi connectivity index (χ1v) is 8.96. The van der Waals surface area contributed by atoms with Crippen LogP contribution in [-0.2, 0) is 0 Å². The number of fused-ring (bicyclic) bond motifs is 1. The number of aliphatic hydroxyl groups is 1. The fourth-order valence-corrected chi connectivity index (χ4v) is 3.14. The Morgan fingerprint density at radius 1 is 1.23 bits per heavy atom. The number of hydrogen-bond donors (Lipinski definition) is 2. The average Bonchev–Trinajstić information content (AvgIpc) is 3.15. The lowest BCUT2D eigenvalue weighted by atomic mass is 10.1. The first kappa shape index (κ1) is 16.9. The number of nitrogens with zero attached hydrogens (tertiary/aromatic N) is 2. The van der Waals surface area contributed by atoms with Gasteiger partial charge in [0.15, 0.2) is 11.4 Å². The van der Waals surface area contributed by atoms with E-state index < -0.39 is 6.10 Å². The quantitative estimate of drug-likeness (QED) is 0.735.